The molecule has 0 atom stereocenters. The summed E-state index contributed by atoms with van der Waals surface area (Å²) >= 11 is 0. The molecule has 1 aromatic carbocycles. The van der Waals surface area contributed by atoms with Gasteiger partial charge in [-0.15, -0.1) is 0 Å². The number of benzene rings is 1. The van der Waals surface area contributed by atoms with Crippen molar-refractivity contribution in [3.63, 3.8) is 0 Å². The summed E-state index contributed by atoms with van der Waals surface area (Å²) in [6.45, 7) is 2.37. The molecule has 1 rings (SSSR count). The zero-order valence-electron chi connectivity index (χ0n) is 10.1. The van der Waals surface area contributed by atoms with Gasteiger partial charge in [0.1, 0.15) is 5.75 Å². The van der Waals surface area contributed by atoms with E-state index >= 15 is 0 Å². The van der Waals surface area contributed by atoms with Crippen LogP contribution < -0.4 is 4.74 Å². The topological polar surface area (TPSA) is 26.3 Å². The predicted molar refractivity (Wildman–Crippen MR) is 57.6 cm³/mol. The van der Waals surface area contributed by atoms with Crippen LogP contribution in [0.25, 0.3) is 0 Å². The number of halogens is 5. The number of ether oxygens (including phenoxy) is 1. The highest BCUT2D eigenvalue weighted by atomic mass is 19.4. The molecule has 19 heavy (non-hydrogen) atoms. The van der Waals surface area contributed by atoms with Crippen LogP contribution in [0.3, 0.4) is 0 Å². The Kier molecular flexibility index (Phi) is 4.49. The molecule has 0 heterocycles. The van der Waals surface area contributed by atoms with Gasteiger partial charge in [-0.1, -0.05) is 0 Å². The molecule has 0 radical (unpaired) electrons. The molecule has 0 aliphatic heterocycles. The third kappa shape index (κ3) is 3.42. The predicted octanol–water partition coefficient (Wildman–Crippen LogP) is 4.24. The minimum absolute atomic E-state index is 0.0374. The molecule has 7 heteroatoms. The van der Waals surface area contributed by atoms with Gasteiger partial charge in [0.25, 0.3) is 6.43 Å². The fraction of sp³-hybridized carbons (Fsp3) is 0.417. The lowest BCUT2D eigenvalue weighted by atomic mass is 9.99. The SMILES string of the molecule is CCOc1cc(C(F)F)cc(C(F)(F)F)c1C(C)=O. The first-order chi connectivity index (χ1) is 8.68. The van der Waals surface area contributed by atoms with Gasteiger partial charge in [0.15, 0.2) is 5.78 Å². The quantitative estimate of drug-likeness (QED) is 0.609. The largest absolute Gasteiger partial charge is 0.493 e. The molecule has 0 unspecified atom stereocenters. The van der Waals surface area contributed by atoms with E-state index in [1.165, 1.54) is 6.92 Å². The van der Waals surface area contributed by atoms with Gasteiger partial charge in [-0.2, -0.15) is 13.2 Å². The van der Waals surface area contributed by atoms with Crippen LogP contribution >= 0.6 is 0 Å². The van der Waals surface area contributed by atoms with Crippen molar-refractivity contribution in [2.45, 2.75) is 26.4 Å². The molecular weight excluding hydrogens is 271 g/mol. The molecule has 0 aliphatic rings. The Bertz CT molecular complexity index is 480. The van der Waals surface area contributed by atoms with E-state index < -0.39 is 40.8 Å². The molecule has 0 saturated carbocycles. The van der Waals surface area contributed by atoms with Crippen molar-refractivity contribution in [3.8, 4) is 5.75 Å². The maximum Gasteiger partial charge on any atom is 0.417 e. The molecule has 0 aliphatic carbocycles. The average Bonchev–Trinajstić information content (AvgIpc) is 2.26. The van der Waals surface area contributed by atoms with Gasteiger partial charge >= 0.3 is 6.18 Å². The van der Waals surface area contributed by atoms with Gasteiger partial charge in [0, 0.05) is 5.56 Å². The minimum Gasteiger partial charge on any atom is -0.493 e. The third-order valence-electron chi connectivity index (χ3n) is 2.33. The number of hydrogen-bond acceptors (Lipinski definition) is 2. The summed E-state index contributed by atoms with van der Waals surface area (Å²) in [4.78, 5) is 11.3. The van der Waals surface area contributed by atoms with E-state index in [1.807, 2.05) is 0 Å². The summed E-state index contributed by atoms with van der Waals surface area (Å²) in [6, 6.07) is 1.05. The first kappa shape index (κ1) is 15.4. The lowest BCUT2D eigenvalue weighted by molar-refractivity contribution is -0.138. The van der Waals surface area contributed by atoms with E-state index in [1.54, 1.807) is 0 Å². The normalized spacial score (nSPS) is 11.8. The highest BCUT2D eigenvalue weighted by molar-refractivity contribution is 5.98. The molecular formula is C12H11F5O2. The van der Waals surface area contributed by atoms with Crippen molar-refractivity contribution in [1.82, 2.24) is 0 Å². The Labute approximate surface area is 106 Å². The molecule has 0 aromatic heterocycles. The second-order valence-electron chi connectivity index (χ2n) is 3.73. The van der Waals surface area contributed by atoms with Gasteiger partial charge in [-0.3, -0.25) is 4.79 Å². The van der Waals surface area contributed by atoms with Crippen LogP contribution in [0.5, 0.6) is 5.75 Å². The highest BCUT2D eigenvalue weighted by Crippen LogP contribution is 2.39. The van der Waals surface area contributed by atoms with Gasteiger partial charge in [0.2, 0.25) is 0 Å². The molecule has 0 fully saturated rings. The number of Topliss-reactive ketones (excluding diaryl/α,β-unsaturated/α-hetero) is 1. The number of ketones is 1. The zero-order valence-corrected chi connectivity index (χ0v) is 10.1. The minimum atomic E-state index is -4.91. The standard InChI is InChI=1S/C12H11F5O2/c1-3-19-9-5-7(11(13)14)4-8(12(15,16)17)10(9)6(2)18/h4-5,11H,3H2,1-2H3. The molecule has 0 amide bonds. The van der Waals surface area contributed by atoms with Crippen molar-refractivity contribution < 1.29 is 31.5 Å². The molecule has 0 spiro atoms. The van der Waals surface area contributed by atoms with Crippen LogP contribution in [-0.4, -0.2) is 12.4 Å². The Hall–Kier alpha value is -1.66. The first-order valence-electron chi connectivity index (χ1n) is 5.35. The van der Waals surface area contributed by atoms with Gasteiger partial charge < -0.3 is 4.74 Å². The summed E-state index contributed by atoms with van der Waals surface area (Å²) < 4.78 is 68.5. The van der Waals surface area contributed by atoms with E-state index in [2.05, 4.69) is 0 Å². The Morgan fingerprint density at radius 3 is 2.26 bits per heavy atom. The van der Waals surface area contributed by atoms with Crippen LogP contribution in [0.2, 0.25) is 0 Å². The second kappa shape index (κ2) is 5.54. The third-order valence-corrected chi connectivity index (χ3v) is 2.33. The Morgan fingerprint density at radius 2 is 1.89 bits per heavy atom. The number of alkyl halides is 5. The summed E-state index contributed by atoms with van der Waals surface area (Å²) in [6.07, 6.45) is -7.99. The van der Waals surface area contributed by atoms with Gasteiger partial charge in [-0.05, 0) is 26.0 Å². The van der Waals surface area contributed by atoms with Crippen molar-refractivity contribution in [2.75, 3.05) is 6.61 Å². The maximum atomic E-state index is 12.8. The molecule has 0 N–H and O–H groups in total. The lowest BCUT2D eigenvalue weighted by Crippen LogP contribution is -2.14. The van der Waals surface area contributed by atoms with E-state index in [-0.39, 0.29) is 12.7 Å². The number of carbonyl (C=O) groups excluding carboxylic acids is 1. The van der Waals surface area contributed by atoms with E-state index in [9.17, 15) is 26.7 Å². The van der Waals surface area contributed by atoms with Gasteiger partial charge in [0.05, 0.1) is 17.7 Å². The molecule has 106 valence electrons. The molecule has 2 nitrogen and oxygen atoms in total. The van der Waals surface area contributed by atoms with Gasteiger partial charge in [-0.25, -0.2) is 8.78 Å². The lowest BCUT2D eigenvalue weighted by Gasteiger charge is -2.17. The van der Waals surface area contributed by atoms with E-state index in [0.717, 1.165) is 13.0 Å². The summed E-state index contributed by atoms with van der Waals surface area (Å²) in [5, 5.41) is 0. The van der Waals surface area contributed by atoms with Crippen molar-refractivity contribution in [1.29, 1.82) is 0 Å². The maximum absolute atomic E-state index is 12.8. The average molecular weight is 282 g/mol. The van der Waals surface area contributed by atoms with Crippen LogP contribution in [0.4, 0.5) is 22.0 Å². The number of carbonyl (C=O) groups is 1. The molecule has 0 saturated heterocycles. The van der Waals surface area contributed by atoms with E-state index in [4.69, 9.17) is 4.74 Å². The monoisotopic (exact) mass is 282 g/mol. The number of hydrogen-bond donors (Lipinski definition) is 0. The highest BCUT2D eigenvalue weighted by Gasteiger charge is 2.37. The zero-order chi connectivity index (χ0) is 14.8. The van der Waals surface area contributed by atoms with Crippen LogP contribution in [0.1, 0.15) is 41.8 Å². The first-order valence-corrected chi connectivity index (χ1v) is 5.35. The smallest absolute Gasteiger partial charge is 0.417 e. The van der Waals surface area contributed by atoms with Crippen LogP contribution in [0, 0.1) is 0 Å². The summed E-state index contributed by atoms with van der Waals surface area (Å²) in [7, 11) is 0. The second-order valence-corrected chi connectivity index (χ2v) is 3.73. The fourth-order valence-corrected chi connectivity index (χ4v) is 1.62. The van der Waals surface area contributed by atoms with E-state index in [0.29, 0.717) is 0 Å². The Morgan fingerprint density at radius 1 is 1.32 bits per heavy atom. The van der Waals surface area contributed by atoms with Crippen molar-refractivity contribution in [2.24, 2.45) is 0 Å². The van der Waals surface area contributed by atoms with Crippen molar-refractivity contribution in [3.05, 3.63) is 28.8 Å². The number of rotatable bonds is 4. The summed E-state index contributed by atoms with van der Waals surface area (Å²) in [5.41, 5.74) is -2.96. The molecule has 0 bridgehead atoms. The van der Waals surface area contributed by atoms with Crippen LogP contribution in [-0.2, 0) is 6.18 Å². The fourth-order valence-electron chi connectivity index (χ4n) is 1.62. The van der Waals surface area contributed by atoms with Crippen molar-refractivity contribution >= 4 is 5.78 Å². The molecule has 1 aromatic rings. The Balaban J connectivity index is 3.60. The van der Waals surface area contributed by atoms with Crippen LogP contribution in [0.15, 0.2) is 12.1 Å². The summed E-state index contributed by atoms with van der Waals surface area (Å²) in [5.74, 6) is -1.36.